The molecule has 328 valence electrons. The Morgan fingerprint density at radius 2 is 1.43 bits per heavy atom. The van der Waals surface area contributed by atoms with Crippen molar-refractivity contribution in [1.82, 2.24) is 19.8 Å². The molecule has 14 nitrogen and oxygen atoms in total. The van der Waals surface area contributed by atoms with Gasteiger partial charge in [-0.1, -0.05) is 60.7 Å². The van der Waals surface area contributed by atoms with Crippen molar-refractivity contribution in [2.24, 2.45) is 17.3 Å². The van der Waals surface area contributed by atoms with E-state index in [2.05, 4.69) is 24.9 Å². The maximum Gasteiger partial charge on any atom is 0.476 e. The minimum absolute atomic E-state index is 0.0492. The molecule has 2 atom stereocenters. The number of halogens is 2. The summed E-state index contributed by atoms with van der Waals surface area (Å²) in [5.74, 6) is -3.21. The highest BCUT2D eigenvalue weighted by molar-refractivity contribution is 7.92. The van der Waals surface area contributed by atoms with Crippen molar-refractivity contribution in [3.05, 3.63) is 114 Å². The molecule has 18 heteroatoms. The van der Waals surface area contributed by atoms with Crippen LogP contribution >= 0.6 is 7.82 Å². The number of anilines is 3. The molecule has 0 bridgehead atoms. The van der Waals surface area contributed by atoms with Crippen LogP contribution in [0.25, 0.3) is 28.4 Å². The summed E-state index contributed by atoms with van der Waals surface area (Å²) in [6.45, 7) is 1.94. The molecule has 2 unspecified atom stereocenters. The predicted octanol–water partition coefficient (Wildman–Crippen LogP) is 8.97. The van der Waals surface area contributed by atoms with E-state index >= 15 is 0 Å². The van der Waals surface area contributed by atoms with Gasteiger partial charge in [0.2, 0.25) is 21.8 Å². The summed E-state index contributed by atoms with van der Waals surface area (Å²) in [7, 11) is -8.31. The molecule has 3 saturated carbocycles. The average molecular weight is 898 g/mol. The number of nitrogens with zero attached hydrogens (tertiary/aromatic N) is 6. The first kappa shape index (κ1) is 40.6. The summed E-state index contributed by atoms with van der Waals surface area (Å²) < 4.78 is 99.1. The molecule has 3 aliphatic carbocycles. The number of phosphoric acid groups is 1. The number of benzene rings is 3. The Hall–Kier alpha value is -5.19. The molecule has 0 radical (unpaired) electrons. The monoisotopic (exact) mass is 897 g/mol. The molecule has 1 spiro atoms. The SMILES string of the molecule is O=P(OCc1ccccc1)(OCc1ccccc1)OC1(CS(=O)(=O)Nc2ccc(-c3nnc(-c4cc(N5CC6C(C5)C6(F)F)n5nccc5c4)o3)c(N3CCC4(CC3)CC4)c2)CC1. The van der Waals surface area contributed by atoms with Crippen molar-refractivity contribution in [2.75, 3.05) is 46.5 Å². The van der Waals surface area contributed by atoms with Crippen LogP contribution in [0.15, 0.2) is 108 Å². The van der Waals surface area contributed by atoms with Gasteiger partial charge in [-0.05, 0) is 91.5 Å². The summed E-state index contributed by atoms with van der Waals surface area (Å²) in [4.78, 5) is 4.17. The lowest BCUT2D eigenvalue weighted by Gasteiger charge is -2.35. The van der Waals surface area contributed by atoms with Crippen molar-refractivity contribution in [1.29, 1.82) is 0 Å². The minimum Gasteiger partial charge on any atom is -0.416 e. The Morgan fingerprint density at radius 3 is 2.06 bits per heavy atom. The van der Waals surface area contributed by atoms with E-state index < -0.39 is 47.0 Å². The van der Waals surface area contributed by atoms with Gasteiger partial charge in [-0.2, -0.15) is 5.10 Å². The average Bonchev–Trinajstić information content (AvgIpc) is 4.06. The molecule has 1 N–H and O–H groups in total. The number of pyridine rings is 1. The summed E-state index contributed by atoms with van der Waals surface area (Å²) in [5, 5.41) is 13.4. The third-order valence-corrected chi connectivity index (χ3v) is 16.3. The van der Waals surface area contributed by atoms with Crippen LogP contribution in [0.4, 0.5) is 26.0 Å². The minimum atomic E-state index is -4.25. The van der Waals surface area contributed by atoms with Crippen LogP contribution < -0.4 is 14.5 Å². The number of aromatic nitrogens is 4. The smallest absolute Gasteiger partial charge is 0.416 e. The van der Waals surface area contributed by atoms with E-state index in [1.807, 2.05) is 83.8 Å². The van der Waals surface area contributed by atoms with Crippen molar-refractivity contribution >= 4 is 40.6 Å². The van der Waals surface area contributed by atoms with Gasteiger partial charge < -0.3 is 14.2 Å². The number of sulfonamides is 1. The van der Waals surface area contributed by atoms with Crippen LogP contribution in [0.5, 0.6) is 0 Å². The van der Waals surface area contributed by atoms with Gasteiger partial charge in [0.25, 0.3) is 5.92 Å². The highest BCUT2D eigenvalue weighted by atomic mass is 32.2. The van der Waals surface area contributed by atoms with Gasteiger partial charge in [0.05, 0.1) is 65.1 Å². The van der Waals surface area contributed by atoms with E-state index in [0.717, 1.165) is 48.3 Å². The highest BCUT2D eigenvalue weighted by Gasteiger charge is 2.72. The molecule has 5 heterocycles. The molecule has 0 amide bonds. The fourth-order valence-corrected chi connectivity index (χ4v) is 12.4. The summed E-state index contributed by atoms with van der Waals surface area (Å²) in [5.41, 5.74) is 3.74. The number of hydrogen-bond donors (Lipinski definition) is 1. The maximum absolute atomic E-state index is 14.2. The second-order valence-corrected chi connectivity index (χ2v) is 21.1. The van der Waals surface area contributed by atoms with Crippen molar-refractivity contribution in [3.8, 4) is 22.9 Å². The Morgan fingerprint density at radius 1 is 0.778 bits per heavy atom. The van der Waals surface area contributed by atoms with Gasteiger partial charge in [-0.25, -0.2) is 26.3 Å². The second kappa shape index (κ2) is 15.2. The van der Waals surface area contributed by atoms with Crippen LogP contribution in [-0.2, 0) is 41.4 Å². The van der Waals surface area contributed by atoms with E-state index in [-0.39, 0.29) is 38.1 Å². The molecule has 3 aromatic carbocycles. The lowest BCUT2D eigenvalue weighted by molar-refractivity contribution is 0.0676. The van der Waals surface area contributed by atoms with E-state index in [4.69, 9.17) is 18.0 Å². The van der Waals surface area contributed by atoms with Crippen LogP contribution in [0, 0.1) is 17.3 Å². The largest absolute Gasteiger partial charge is 0.476 e. The Kier molecular flexibility index (Phi) is 9.81. The van der Waals surface area contributed by atoms with E-state index in [1.165, 1.54) is 12.8 Å². The fraction of sp³-hybridized carbons (Fsp3) is 0.400. The van der Waals surface area contributed by atoms with Gasteiger partial charge in [-0.15, -0.1) is 10.2 Å². The molecule has 5 fully saturated rings. The predicted molar refractivity (Wildman–Crippen MR) is 232 cm³/mol. The first-order chi connectivity index (χ1) is 30.4. The molecule has 63 heavy (non-hydrogen) atoms. The lowest BCUT2D eigenvalue weighted by Crippen LogP contribution is -2.35. The molecule has 2 saturated heterocycles. The van der Waals surface area contributed by atoms with E-state index in [9.17, 15) is 21.8 Å². The Balaban J connectivity index is 0.839. The van der Waals surface area contributed by atoms with Crippen molar-refractivity contribution in [3.63, 3.8) is 0 Å². The van der Waals surface area contributed by atoms with Crippen molar-refractivity contribution < 1.29 is 39.8 Å². The van der Waals surface area contributed by atoms with E-state index in [0.29, 0.717) is 40.9 Å². The van der Waals surface area contributed by atoms with Crippen molar-refractivity contribution in [2.45, 2.75) is 63.3 Å². The van der Waals surface area contributed by atoms with Gasteiger partial charge in [-0.3, -0.25) is 18.3 Å². The Bertz CT molecular complexity index is 2770. The van der Waals surface area contributed by atoms with Crippen LogP contribution in [-0.4, -0.2) is 71.7 Å². The highest BCUT2D eigenvalue weighted by Crippen LogP contribution is 2.61. The summed E-state index contributed by atoms with van der Waals surface area (Å²) in [6, 6.07) is 29.2. The van der Waals surface area contributed by atoms with Gasteiger partial charge in [0.15, 0.2) is 0 Å². The number of fused-ring (bicyclic) bond motifs is 2. The quantitative estimate of drug-likeness (QED) is 0.0923. The molecule has 5 aliphatic rings. The standard InChI is InChI=1S/C45H46F2N7O7PS/c46-45(47)37-26-53(27-38(37)45)40-24-33(23-35-13-20-48-54(35)40)41-49-50-42(60-41)36-12-11-34(25-39(36)52-21-18-43(14-15-43)19-22-52)51-63(56,57)30-44(16-17-44)61-62(55,58-28-31-7-3-1-4-8-31)59-29-32-9-5-2-6-10-32/h1-13,20,23-25,37-38,51H,14-19,21-22,26-30H2. The molecular weight excluding hydrogens is 852 g/mol. The number of phosphoric ester groups is 1. The number of hydrogen-bond acceptors (Lipinski definition) is 12. The van der Waals surface area contributed by atoms with Crippen LogP contribution in [0.1, 0.15) is 49.7 Å². The van der Waals surface area contributed by atoms with Crippen LogP contribution in [0.3, 0.4) is 0 Å². The molecule has 11 rings (SSSR count). The number of rotatable bonds is 16. The number of alkyl halides is 2. The molecule has 6 aromatic rings. The third kappa shape index (κ3) is 8.25. The summed E-state index contributed by atoms with van der Waals surface area (Å²) >= 11 is 0. The third-order valence-electron chi connectivity index (χ3n) is 13.3. The zero-order valence-corrected chi connectivity index (χ0v) is 36.0. The summed E-state index contributed by atoms with van der Waals surface area (Å²) in [6.07, 6.45) is 6.85. The maximum atomic E-state index is 14.2. The number of nitrogens with one attached hydrogen (secondary N) is 1. The zero-order chi connectivity index (χ0) is 43.0. The first-order valence-corrected chi connectivity index (χ1v) is 24.5. The van der Waals surface area contributed by atoms with Crippen LogP contribution in [0.2, 0.25) is 0 Å². The first-order valence-electron chi connectivity index (χ1n) is 21.4. The molecule has 3 aromatic heterocycles. The van der Waals surface area contributed by atoms with Gasteiger partial charge in [0, 0.05) is 31.7 Å². The Labute approximate surface area is 363 Å². The molecule has 2 aliphatic heterocycles. The second-order valence-electron chi connectivity index (χ2n) is 17.8. The molecular formula is C45H46F2N7O7PS. The lowest BCUT2D eigenvalue weighted by atomic mass is 9.93. The topological polar surface area (TPSA) is 154 Å². The van der Waals surface area contributed by atoms with E-state index in [1.54, 1.807) is 28.9 Å². The van der Waals surface area contributed by atoms with Gasteiger partial charge in [0.1, 0.15) is 5.82 Å². The fourth-order valence-electron chi connectivity index (χ4n) is 9.19. The van der Waals surface area contributed by atoms with Gasteiger partial charge >= 0.3 is 7.82 Å². The normalized spacial score (nSPS) is 21.7. The number of piperidine rings is 2. The zero-order valence-electron chi connectivity index (χ0n) is 34.3.